The van der Waals surface area contributed by atoms with Crippen molar-refractivity contribution in [2.24, 2.45) is 10.7 Å². The average Bonchev–Trinajstić information content (AvgIpc) is 3.47. The quantitative estimate of drug-likeness (QED) is 0.121. The Kier molecular flexibility index (Phi) is 8.98. The molecule has 0 radical (unpaired) electrons. The normalized spacial score (nSPS) is 14.7. The van der Waals surface area contributed by atoms with Crippen LogP contribution in [0, 0.1) is 17.0 Å². The van der Waals surface area contributed by atoms with E-state index in [4.69, 9.17) is 25.4 Å². The number of nitrogens with one attached hydrogen (secondary N) is 1. The molecule has 0 spiro atoms. The van der Waals surface area contributed by atoms with E-state index in [-0.39, 0.29) is 50.4 Å². The summed E-state index contributed by atoms with van der Waals surface area (Å²) in [4.78, 5) is 21.5. The second-order valence-electron chi connectivity index (χ2n) is 9.95. The smallest absolute Gasteiger partial charge is 0.338 e. The number of pyridine rings is 1. The Labute approximate surface area is 262 Å². The zero-order valence-electron chi connectivity index (χ0n) is 24.4. The number of carbonyl (C=O) groups excluding carboxylic acids is 1. The first-order chi connectivity index (χ1) is 21.9. The van der Waals surface area contributed by atoms with Gasteiger partial charge in [-0.15, -0.1) is 0 Å². The fourth-order valence-electron chi connectivity index (χ4n) is 4.49. The van der Waals surface area contributed by atoms with Crippen LogP contribution in [0.1, 0.15) is 34.6 Å². The van der Waals surface area contributed by atoms with E-state index >= 15 is 4.39 Å². The summed E-state index contributed by atoms with van der Waals surface area (Å²) in [6, 6.07) is 12.7. The predicted molar refractivity (Wildman–Crippen MR) is 162 cm³/mol. The van der Waals surface area contributed by atoms with Crippen LogP contribution in [0.2, 0.25) is 0 Å². The number of ether oxygens (including phenoxy) is 3. The molecule has 4 aromatic rings. The minimum absolute atomic E-state index is 0.103. The number of rotatable bonds is 10. The van der Waals surface area contributed by atoms with Gasteiger partial charge in [0.25, 0.3) is 5.88 Å². The van der Waals surface area contributed by atoms with Gasteiger partial charge in [-0.3, -0.25) is 15.3 Å². The molecule has 0 saturated heterocycles. The summed E-state index contributed by atoms with van der Waals surface area (Å²) >= 11 is 0. The first kappa shape index (κ1) is 32.0. The molecule has 1 aromatic heterocycles. The molecule has 3 aromatic carbocycles. The molecule has 0 saturated carbocycles. The van der Waals surface area contributed by atoms with Gasteiger partial charge in [0.1, 0.15) is 17.8 Å². The number of nitrogen functional groups attached to an aromatic ring is 1. The van der Waals surface area contributed by atoms with Crippen molar-refractivity contribution in [2.75, 3.05) is 20.2 Å². The van der Waals surface area contributed by atoms with Gasteiger partial charge in [-0.1, -0.05) is 0 Å². The van der Waals surface area contributed by atoms with Gasteiger partial charge in [0.15, 0.2) is 17.3 Å². The Hall–Kier alpha value is -5.41. The topological polar surface area (TPSA) is 177 Å². The molecule has 1 aliphatic rings. The van der Waals surface area contributed by atoms with Crippen molar-refractivity contribution in [3.8, 4) is 28.9 Å². The van der Waals surface area contributed by atoms with Crippen LogP contribution in [0.25, 0.3) is 0 Å². The highest BCUT2D eigenvalue weighted by atomic mass is 32.2. The van der Waals surface area contributed by atoms with Crippen LogP contribution in [-0.2, 0) is 14.6 Å². The molecule has 1 atom stereocenters. The molecule has 1 aliphatic heterocycles. The van der Waals surface area contributed by atoms with E-state index in [1.807, 2.05) is 0 Å². The third-order valence-electron chi connectivity index (χ3n) is 6.87. The van der Waals surface area contributed by atoms with Crippen molar-refractivity contribution in [1.82, 2.24) is 9.88 Å². The van der Waals surface area contributed by atoms with E-state index in [1.165, 1.54) is 60.7 Å². The number of nitrogens with zero attached hydrogens (tertiary/aromatic N) is 3. The number of halogens is 2. The minimum Gasteiger partial charge on any atom is -0.504 e. The van der Waals surface area contributed by atoms with E-state index in [0.717, 1.165) is 0 Å². The fraction of sp³-hybridized carbons (Fsp3) is 0.161. The number of amidine groups is 1. The van der Waals surface area contributed by atoms with Crippen molar-refractivity contribution >= 4 is 27.9 Å². The summed E-state index contributed by atoms with van der Waals surface area (Å²) in [5.41, 5.74) is 6.01. The van der Waals surface area contributed by atoms with Crippen molar-refractivity contribution in [3.05, 3.63) is 95.2 Å². The number of hydrogen-bond donors (Lipinski definition) is 3. The number of carbonyl (C=O) groups is 1. The van der Waals surface area contributed by atoms with Crippen LogP contribution in [0.4, 0.5) is 8.78 Å². The van der Waals surface area contributed by atoms with Gasteiger partial charge in [0.2, 0.25) is 21.4 Å². The zero-order chi connectivity index (χ0) is 33.2. The molecular weight excluding hydrogens is 624 g/mol. The second kappa shape index (κ2) is 12.9. The predicted octanol–water partition coefficient (Wildman–Crippen LogP) is 4.96. The van der Waals surface area contributed by atoms with E-state index in [2.05, 4.69) is 9.98 Å². The summed E-state index contributed by atoms with van der Waals surface area (Å²) in [5.74, 6) is -5.99. The van der Waals surface area contributed by atoms with Gasteiger partial charge in [-0.05, 0) is 74.6 Å². The summed E-state index contributed by atoms with van der Waals surface area (Å²) in [7, 11) is -2.41. The molecule has 1 unspecified atom stereocenters. The van der Waals surface area contributed by atoms with Gasteiger partial charge in [0, 0.05) is 23.9 Å². The SMILES string of the molecule is CCOC(=O)c1ccc(S(=O)(=O)c2ccc(Oc3c(F)cnc(Oc4cc(C(=N)N)ccc4O)c3F)c(C3N=CCN3C)c2)cc1. The second-order valence-corrected chi connectivity index (χ2v) is 11.9. The van der Waals surface area contributed by atoms with Gasteiger partial charge >= 0.3 is 5.97 Å². The molecule has 2 heterocycles. The van der Waals surface area contributed by atoms with Crippen LogP contribution in [0.5, 0.6) is 28.9 Å². The Bertz CT molecular complexity index is 1970. The summed E-state index contributed by atoms with van der Waals surface area (Å²) in [5, 5.41) is 17.7. The number of nitrogens with two attached hydrogens (primary N) is 1. The lowest BCUT2D eigenvalue weighted by molar-refractivity contribution is 0.0526. The number of phenols is 1. The third kappa shape index (κ3) is 6.36. The van der Waals surface area contributed by atoms with Gasteiger partial charge < -0.3 is 25.1 Å². The Balaban J connectivity index is 1.52. The van der Waals surface area contributed by atoms with Gasteiger partial charge in [-0.25, -0.2) is 22.6 Å². The molecule has 15 heteroatoms. The number of benzene rings is 3. The molecule has 0 fully saturated rings. The number of aromatic hydroxyl groups is 1. The third-order valence-corrected chi connectivity index (χ3v) is 8.64. The molecule has 12 nitrogen and oxygen atoms in total. The van der Waals surface area contributed by atoms with Crippen LogP contribution >= 0.6 is 0 Å². The summed E-state index contributed by atoms with van der Waals surface area (Å²) in [6.45, 7) is 2.23. The van der Waals surface area contributed by atoms with E-state index < -0.39 is 51.0 Å². The number of aromatic nitrogens is 1. The van der Waals surface area contributed by atoms with Crippen LogP contribution < -0.4 is 15.2 Å². The lowest BCUT2D eigenvalue weighted by Crippen LogP contribution is -2.20. The Morgan fingerprint density at radius 3 is 2.39 bits per heavy atom. The monoisotopic (exact) mass is 651 g/mol. The first-order valence-electron chi connectivity index (χ1n) is 13.7. The maximum atomic E-state index is 15.6. The molecule has 5 rings (SSSR count). The molecule has 0 bridgehead atoms. The van der Waals surface area contributed by atoms with E-state index in [0.29, 0.717) is 12.7 Å². The number of hydrogen-bond acceptors (Lipinski definition) is 11. The molecule has 0 aliphatic carbocycles. The van der Waals surface area contributed by atoms with Gasteiger partial charge in [-0.2, -0.15) is 4.39 Å². The van der Waals surface area contributed by atoms with Crippen LogP contribution in [0.3, 0.4) is 0 Å². The van der Waals surface area contributed by atoms with E-state index in [9.17, 15) is 22.7 Å². The number of aliphatic imine (C=N–C) groups is 1. The van der Waals surface area contributed by atoms with Crippen molar-refractivity contribution in [2.45, 2.75) is 22.9 Å². The van der Waals surface area contributed by atoms with E-state index in [1.54, 1.807) is 25.1 Å². The van der Waals surface area contributed by atoms with Crippen molar-refractivity contribution in [3.63, 3.8) is 0 Å². The van der Waals surface area contributed by atoms with Crippen molar-refractivity contribution < 1.29 is 41.3 Å². The maximum absolute atomic E-state index is 15.6. The van der Waals surface area contributed by atoms with Gasteiger partial charge in [0.05, 0.1) is 28.2 Å². The molecule has 46 heavy (non-hydrogen) atoms. The lowest BCUT2D eigenvalue weighted by Gasteiger charge is -2.22. The molecule has 4 N–H and O–H groups in total. The van der Waals surface area contributed by atoms with Crippen molar-refractivity contribution in [1.29, 1.82) is 5.41 Å². The van der Waals surface area contributed by atoms with Crippen LogP contribution in [0.15, 0.2) is 81.6 Å². The number of phenolic OH excluding ortho intramolecular Hbond substituents is 1. The molecular formula is C31H27F2N5O7S. The largest absolute Gasteiger partial charge is 0.504 e. The number of esters is 1. The Morgan fingerprint density at radius 1 is 1.04 bits per heavy atom. The fourth-order valence-corrected chi connectivity index (χ4v) is 5.79. The standard InChI is InChI=1S/C31H27F2N5O7S/c1-3-43-31(40)17-4-7-19(8-5-17)46(41,42)20-9-11-24(21(15-20)29-36-12-13-38(29)2)44-27-22(32)16-37-30(26(27)33)45-25-14-18(28(34)35)6-10-23(25)39/h4-12,14-16,29,39H,3,13H2,1-2H3,(H3,34,35). The zero-order valence-corrected chi connectivity index (χ0v) is 25.2. The highest BCUT2D eigenvalue weighted by Crippen LogP contribution is 2.41. The molecule has 238 valence electrons. The first-order valence-corrected chi connectivity index (χ1v) is 15.1. The highest BCUT2D eigenvalue weighted by molar-refractivity contribution is 7.91. The average molecular weight is 652 g/mol. The lowest BCUT2D eigenvalue weighted by atomic mass is 10.1. The maximum Gasteiger partial charge on any atom is 0.338 e. The minimum atomic E-state index is -4.13. The summed E-state index contributed by atoms with van der Waals surface area (Å²) < 4.78 is 73.8. The van der Waals surface area contributed by atoms with Crippen LogP contribution in [-0.4, -0.2) is 61.6 Å². The summed E-state index contributed by atoms with van der Waals surface area (Å²) in [6.07, 6.45) is 1.49. The number of sulfone groups is 1. The molecule has 0 amide bonds. The highest BCUT2D eigenvalue weighted by Gasteiger charge is 2.29. The Morgan fingerprint density at radius 2 is 1.74 bits per heavy atom.